The maximum absolute atomic E-state index is 11.9. The minimum absolute atomic E-state index is 0.0279. The van der Waals surface area contributed by atoms with Crippen LogP contribution in [-0.2, 0) is 4.79 Å². The molecule has 6 nitrogen and oxygen atoms in total. The van der Waals surface area contributed by atoms with E-state index in [1.54, 1.807) is 18.4 Å². The number of nitrogens with zero attached hydrogens (tertiary/aromatic N) is 2. The Morgan fingerprint density at radius 1 is 1.45 bits per heavy atom. The van der Waals surface area contributed by atoms with Crippen molar-refractivity contribution in [3.63, 3.8) is 0 Å². The Labute approximate surface area is 122 Å². The Hall–Kier alpha value is -1.89. The second-order valence-electron chi connectivity index (χ2n) is 4.44. The van der Waals surface area contributed by atoms with E-state index in [9.17, 15) is 4.79 Å². The van der Waals surface area contributed by atoms with Crippen molar-refractivity contribution in [2.24, 2.45) is 0 Å². The molecule has 0 aliphatic heterocycles. The zero-order valence-corrected chi connectivity index (χ0v) is 12.7. The molecule has 0 saturated heterocycles. The Bertz CT molecular complexity index is 597. The van der Waals surface area contributed by atoms with Gasteiger partial charge in [0.1, 0.15) is 16.7 Å². The first kappa shape index (κ1) is 14.5. The smallest absolute Gasteiger partial charge is 0.242 e. The number of amides is 1. The van der Waals surface area contributed by atoms with E-state index in [1.165, 1.54) is 0 Å². The van der Waals surface area contributed by atoms with Crippen LogP contribution < -0.4 is 16.0 Å². The average molecular weight is 293 g/mol. The van der Waals surface area contributed by atoms with Crippen molar-refractivity contribution in [1.82, 2.24) is 15.3 Å². The SMILES string of the molecule is CCCNC(=O)C(C)Nc1nc(NC)nc2sccc12. The molecule has 1 amide bonds. The normalized spacial score (nSPS) is 12.2. The van der Waals surface area contributed by atoms with Crippen molar-refractivity contribution in [1.29, 1.82) is 0 Å². The number of hydrogen-bond acceptors (Lipinski definition) is 6. The number of carbonyl (C=O) groups excluding carboxylic acids is 1. The summed E-state index contributed by atoms with van der Waals surface area (Å²) in [5.41, 5.74) is 0. The fourth-order valence-corrected chi connectivity index (χ4v) is 2.51. The molecule has 0 aromatic carbocycles. The molecule has 0 radical (unpaired) electrons. The van der Waals surface area contributed by atoms with E-state index in [-0.39, 0.29) is 11.9 Å². The zero-order chi connectivity index (χ0) is 14.5. The molecular weight excluding hydrogens is 274 g/mol. The van der Waals surface area contributed by atoms with Crippen LogP contribution in [0.15, 0.2) is 11.4 Å². The van der Waals surface area contributed by atoms with Gasteiger partial charge in [0.15, 0.2) is 0 Å². The molecule has 0 aliphatic carbocycles. The number of aromatic nitrogens is 2. The monoisotopic (exact) mass is 293 g/mol. The van der Waals surface area contributed by atoms with Gasteiger partial charge in [0.05, 0.1) is 5.39 Å². The molecule has 0 bridgehead atoms. The summed E-state index contributed by atoms with van der Waals surface area (Å²) in [4.78, 5) is 21.6. The van der Waals surface area contributed by atoms with Crippen molar-refractivity contribution >= 4 is 39.2 Å². The molecule has 0 saturated carbocycles. The summed E-state index contributed by atoms with van der Waals surface area (Å²) in [6.07, 6.45) is 0.921. The van der Waals surface area contributed by atoms with Crippen LogP contribution in [0.25, 0.3) is 10.2 Å². The molecule has 2 aromatic heterocycles. The van der Waals surface area contributed by atoms with Gasteiger partial charge in [0, 0.05) is 13.6 Å². The fraction of sp³-hybridized carbons (Fsp3) is 0.462. The first-order valence-electron chi connectivity index (χ1n) is 6.63. The van der Waals surface area contributed by atoms with Gasteiger partial charge in [-0.1, -0.05) is 6.92 Å². The number of nitrogens with one attached hydrogen (secondary N) is 3. The van der Waals surface area contributed by atoms with Gasteiger partial charge in [-0.2, -0.15) is 4.98 Å². The lowest BCUT2D eigenvalue weighted by Gasteiger charge is -2.15. The van der Waals surface area contributed by atoms with Crippen molar-refractivity contribution in [2.75, 3.05) is 24.2 Å². The summed E-state index contributed by atoms with van der Waals surface area (Å²) in [7, 11) is 1.77. The van der Waals surface area contributed by atoms with Crippen molar-refractivity contribution < 1.29 is 4.79 Å². The summed E-state index contributed by atoms with van der Waals surface area (Å²) in [6.45, 7) is 4.53. The maximum Gasteiger partial charge on any atom is 0.242 e. The number of fused-ring (bicyclic) bond motifs is 1. The van der Waals surface area contributed by atoms with Crippen molar-refractivity contribution in [2.45, 2.75) is 26.3 Å². The third kappa shape index (κ3) is 3.16. The van der Waals surface area contributed by atoms with Crippen LogP contribution in [0.5, 0.6) is 0 Å². The highest BCUT2D eigenvalue weighted by molar-refractivity contribution is 7.16. The summed E-state index contributed by atoms with van der Waals surface area (Å²) < 4.78 is 0. The fourth-order valence-electron chi connectivity index (χ4n) is 1.75. The molecule has 2 heterocycles. The predicted octanol–water partition coefficient (Wildman–Crippen LogP) is 2.06. The van der Waals surface area contributed by atoms with Crippen molar-refractivity contribution in [3.05, 3.63) is 11.4 Å². The van der Waals surface area contributed by atoms with Crippen molar-refractivity contribution in [3.8, 4) is 0 Å². The first-order valence-corrected chi connectivity index (χ1v) is 7.51. The molecular formula is C13H19N5OS. The Morgan fingerprint density at radius 2 is 2.25 bits per heavy atom. The van der Waals surface area contributed by atoms with Gasteiger partial charge in [-0.05, 0) is 24.8 Å². The van der Waals surface area contributed by atoms with Crippen LogP contribution in [0.4, 0.5) is 11.8 Å². The summed E-state index contributed by atoms with van der Waals surface area (Å²) >= 11 is 1.55. The number of rotatable bonds is 6. The summed E-state index contributed by atoms with van der Waals surface area (Å²) in [5, 5.41) is 11.9. The van der Waals surface area contributed by atoms with Gasteiger partial charge >= 0.3 is 0 Å². The average Bonchev–Trinajstić information content (AvgIpc) is 2.92. The van der Waals surface area contributed by atoms with E-state index < -0.39 is 0 Å². The Balaban J connectivity index is 2.19. The van der Waals surface area contributed by atoms with E-state index in [0.717, 1.165) is 16.6 Å². The van der Waals surface area contributed by atoms with Gasteiger partial charge in [-0.25, -0.2) is 4.98 Å². The van der Waals surface area contributed by atoms with Gasteiger partial charge in [0.2, 0.25) is 11.9 Å². The van der Waals surface area contributed by atoms with Crippen LogP contribution in [0.3, 0.4) is 0 Å². The molecule has 1 atom stereocenters. The second kappa shape index (κ2) is 6.51. The van der Waals surface area contributed by atoms with Crippen LogP contribution >= 0.6 is 11.3 Å². The maximum atomic E-state index is 11.9. The van der Waals surface area contributed by atoms with E-state index in [4.69, 9.17) is 0 Å². The van der Waals surface area contributed by atoms with Gasteiger partial charge in [-0.3, -0.25) is 4.79 Å². The first-order chi connectivity index (χ1) is 9.65. The molecule has 20 heavy (non-hydrogen) atoms. The molecule has 2 aromatic rings. The van der Waals surface area contributed by atoms with Crippen LogP contribution in [0, 0.1) is 0 Å². The number of carbonyl (C=O) groups is 1. The lowest BCUT2D eigenvalue weighted by atomic mass is 10.3. The minimum Gasteiger partial charge on any atom is -0.358 e. The molecule has 108 valence electrons. The summed E-state index contributed by atoms with van der Waals surface area (Å²) in [5.74, 6) is 1.20. The Kier molecular flexibility index (Phi) is 4.73. The zero-order valence-electron chi connectivity index (χ0n) is 11.9. The second-order valence-corrected chi connectivity index (χ2v) is 5.34. The third-order valence-corrected chi connectivity index (χ3v) is 3.65. The molecule has 2 rings (SSSR count). The standard InChI is InChI=1S/C13H19N5OS/c1-4-6-15-11(19)8(2)16-10-9-5-7-20-12(9)18-13(14-3)17-10/h5,7-8H,4,6H2,1-3H3,(H,15,19)(H2,14,16,17,18). The molecule has 0 aliphatic rings. The van der Waals surface area contributed by atoms with Crippen LogP contribution in [-0.4, -0.2) is 35.5 Å². The van der Waals surface area contributed by atoms with Gasteiger partial charge < -0.3 is 16.0 Å². The highest BCUT2D eigenvalue weighted by Crippen LogP contribution is 2.26. The topological polar surface area (TPSA) is 78.9 Å². The molecule has 3 N–H and O–H groups in total. The van der Waals surface area contributed by atoms with E-state index in [2.05, 4.69) is 25.9 Å². The highest BCUT2D eigenvalue weighted by Gasteiger charge is 2.15. The van der Waals surface area contributed by atoms with Gasteiger partial charge in [0.25, 0.3) is 0 Å². The highest BCUT2D eigenvalue weighted by atomic mass is 32.1. The third-order valence-electron chi connectivity index (χ3n) is 2.84. The quantitative estimate of drug-likeness (QED) is 0.760. The number of hydrogen-bond donors (Lipinski definition) is 3. The Morgan fingerprint density at radius 3 is 2.95 bits per heavy atom. The predicted molar refractivity (Wildman–Crippen MR) is 83.3 cm³/mol. The molecule has 0 fully saturated rings. The van der Waals surface area contributed by atoms with Gasteiger partial charge in [-0.15, -0.1) is 11.3 Å². The molecule has 7 heteroatoms. The molecule has 1 unspecified atom stereocenters. The van der Waals surface area contributed by atoms with E-state index in [1.807, 2.05) is 25.3 Å². The van der Waals surface area contributed by atoms with Crippen LogP contribution in [0.1, 0.15) is 20.3 Å². The van der Waals surface area contributed by atoms with E-state index >= 15 is 0 Å². The minimum atomic E-state index is -0.343. The summed E-state index contributed by atoms with van der Waals surface area (Å²) in [6, 6.07) is 1.61. The van der Waals surface area contributed by atoms with E-state index in [0.29, 0.717) is 18.3 Å². The largest absolute Gasteiger partial charge is 0.358 e. The van der Waals surface area contributed by atoms with Crippen LogP contribution in [0.2, 0.25) is 0 Å². The number of thiophene rings is 1. The number of anilines is 2. The lowest BCUT2D eigenvalue weighted by molar-refractivity contribution is -0.121. The molecule has 0 spiro atoms. The lowest BCUT2D eigenvalue weighted by Crippen LogP contribution is -2.38.